The van der Waals surface area contributed by atoms with E-state index in [-0.39, 0.29) is 0 Å². The third-order valence-corrected chi connectivity index (χ3v) is 7.05. The Bertz CT molecular complexity index is 1160. The number of thioether (sulfide) groups is 1. The molecule has 1 aliphatic heterocycles. The number of benzene rings is 1. The first-order valence-electron chi connectivity index (χ1n) is 11.0. The summed E-state index contributed by atoms with van der Waals surface area (Å²) in [6.45, 7) is 5.30. The van der Waals surface area contributed by atoms with Gasteiger partial charge in [-0.2, -0.15) is 0 Å². The van der Waals surface area contributed by atoms with Crippen molar-refractivity contribution in [3.05, 3.63) is 61.1 Å². The van der Waals surface area contributed by atoms with Crippen LogP contribution >= 0.6 is 11.8 Å². The Morgan fingerprint density at radius 2 is 1.72 bits per heavy atom. The summed E-state index contributed by atoms with van der Waals surface area (Å²) in [6.07, 6.45) is 6.63. The summed E-state index contributed by atoms with van der Waals surface area (Å²) in [6, 6.07) is 14.5. The Labute approximate surface area is 192 Å². The quantitative estimate of drug-likeness (QED) is 0.317. The van der Waals surface area contributed by atoms with E-state index in [9.17, 15) is 0 Å². The summed E-state index contributed by atoms with van der Waals surface area (Å²) < 4.78 is 2.07. The minimum atomic E-state index is 0.882. The fourth-order valence-electron chi connectivity index (χ4n) is 4.18. The van der Waals surface area contributed by atoms with Crippen molar-refractivity contribution >= 4 is 28.4 Å². The Morgan fingerprint density at radius 3 is 2.56 bits per heavy atom. The second-order valence-electron chi connectivity index (χ2n) is 7.99. The van der Waals surface area contributed by atoms with Gasteiger partial charge in [0, 0.05) is 68.5 Å². The third-order valence-electron chi connectivity index (χ3n) is 5.95. The molecule has 0 saturated carbocycles. The largest absolute Gasteiger partial charge is 0.354 e. The van der Waals surface area contributed by atoms with Crippen molar-refractivity contribution < 1.29 is 0 Å². The van der Waals surface area contributed by atoms with Gasteiger partial charge in [-0.3, -0.25) is 9.88 Å². The molecule has 32 heavy (non-hydrogen) atoms. The molecule has 4 aromatic rings. The summed E-state index contributed by atoms with van der Waals surface area (Å²) in [7, 11) is 2.03. The number of hydrogen-bond donors (Lipinski definition) is 0. The summed E-state index contributed by atoms with van der Waals surface area (Å²) in [4.78, 5) is 13.7. The van der Waals surface area contributed by atoms with Crippen LogP contribution in [0.1, 0.15) is 6.42 Å². The lowest BCUT2D eigenvalue weighted by atomic mass is 10.1. The predicted octanol–water partition coefficient (Wildman–Crippen LogP) is 3.73. The molecular weight excluding hydrogens is 418 g/mol. The normalized spacial score (nSPS) is 14.8. The summed E-state index contributed by atoms with van der Waals surface area (Å²) >= 11 is 1.78. The first-order valence-corrected chi connectivity index (χ1v) is 12.0. The number of pyridine rings is 2. The smallest absolute Gasteiger partial charge is 0.191 e. The van der Waals surface area contributed by atoms with E-state index in [4.69, 9.17) is 0 Å². The molecule has 8 heteroatoms. The van der Waals surface area contributed by atoms with Crippen molar-refractivity contribution in [3.63, 3.8) is 0 Å². The van der Waals surface area contributed by atoms with Gasteiger partial charge in [0.2, 0.25) is 0 Å². The lowest BCUT2D eigenvalue weighted by molar-refractivity contribution is 0.259. The molecular formula is C24H27N7S. The van der Waals surface area contributed by atoms with Gasteiger partial charge < -0.3 is 9.47 Å². The van der Waals surface area contributed by atoms with Crippen LogP contribution in [0.5, 0.6) is 0 Å². The zero-order chi connectivity index (χ0) is 21.8. The zero-order valence-corrected chi connectivity index (χ0v) is 19.1. The van der Waals surface area contributed by atoms with Crippen LogP contribution in [-0.4, -0.2) is 68.1 Å². The molecule has 5 rings (SSSR count). The number of aromatic nitrogens is 5. The van der Waals surface area contributed by atoms with Gasteiger partial charge in [0.05, 0.1) is 0 Å². The Kier molecular flexibility index (Phi) is 6.31. The van der Waals surface area contributed by atoms with Crippen LogP contribution in [0, 0.1) is 0 Å². The van der Waals surface area contributed by atoms with Gasteiger partial charge in [-0.1, -0.05) is 36.0 Å². The molecule has 0 amide bonds. The fourth-order valence-corrected chi connectivity index (χ4v) is 5.02. The molecule has 4 heterocycles. The molecule has 0 unspecified atom stereocenters. The number of anilines is 1. The second-order valence-corrected chi connectivity index (χ2v) is 9.05. The Balaban J connectivity index is 1.10. The van der Waals surface area contributed by atoms with Gasteiger partial charge in [-0.25, -0.2) is 4.98 Å². The fraction of sp³-hybridized carbons (Fsp3) is 0.333. The van der Waals surface area contributed by atoms with Crippen molar-refractivity contribution in [2.24, 2.45) is 7.05 Å². The first kappa shape index (κ1) is 20.9. The van der Waals surface area contributed by atoms with E-state index in [0.29, 0.717) is 0 Å². The van der Waals surface area contributed by atoms with E-state index < -0.39 is 0 Å². The highest BCUT2D eigenvalue weighted by atomic mass is 32.2. The van der Waals surface area contributed by atoms with Crippen molar-refractivity contribution in [3.8, 4) is 11.4 Å². The van der Waals surface area contributed by atoms with Crippen LogP contribution in [0.25, 0.3) is 22.2 Å². The van der Waals surface area contributed by atoms with Crippen LogP contribution in [0.15, 0.2) is 66.2 Å². The molecule has 1 fully saturated rings. The molecule has 1 aliphatic rings. The van der Waals surface area contributed by atoms with Crippen molar-refractivity contribution in [1.82, 2.24) is 29.6 Å². The maximum atomic E-state index is 4.68. The zero-order valence-electron chi connectivity index (χ0n) is 18.3. The average Bonchev–Trinajstić information content (AvgIpc) is 3.22. The van der Waals surface area contributed by atoms with Gasteiger partial charge in [-0.05, 0) is 36.6 Å². The topological polar surface area (TPSA) is 63.0 Å². The maximum absolute atomic E-state index is 4.68. The number of rotatable bonds is 7. The van der Waals surface area contributed by atoms with Gasteiger partial charge in [0.1, 0.15) is 5.82 Å². The maximum Gasteiger partial charge on any atom is 0.191 e. The molecule has 0 spiro atoms. The molecule has 0 atom stereocenters. The standard InChI is InChI=1S/C24H27N7S/c1-29-22(20-7-10-25-11-8-20)27-28-24(29)32-18-4-13-30-14-16-31(17-15-30)23-21-6-3-2-5-19(21)9-12-26-23/h2-3,5-12H,4,13-18H2,1H3. The van der Waals surface area contributed by atoms with Gasteiger partial charge in [0.25, 0.3) is 0 Å². The molecule has 0 bridgehead atoms. The SMILES string of the molecule is Cn1c(SCCCN2CCN(c3nccc4ccccc34)CC2)nnc1-c1ccncc1. The van der Waals surface area contributed by atoms with E-state index in [1.165, 1.54) is 10.8 Å². The number of hydrogen-bond acceptors (Lipinski definition) is 7. The second kappa shape index (κ2) is 9.67. The van der Waals surface area contributed by atoms with Crippen molar-refractivity contribution in [1.29, 1.82) is 0 Å². The highest BCUT2D eigenvalue weighted by molar-refractivity contribution is 7.99. The number of piperazine rings is 1. The number of nitrogens with zero attached hydrogens (tertiary/aromatic N) is 7. The Hall–Kier alpha value is -2.97. The molecule has 1 saturated heterocycles. The molecule has 3 aromatic heterocycles. The van der Waals surface area contributed by atoms with E-state index >= 15 is 0 Å². The van der Waals surface area contributed by atoms with Crippen LogP contribution in [0.4, 0.5) is 5.82 Å². The summed E-state index contributed by atoms with van der Waals surface area (Å²) in [5.41, 5.74) is 1.04. The van der Waals surface area contributed by atoms with Gasteiger partial charge in [-0.15, -0.1) is 10.2 Å². The molecule has 164 valence electrons. The highest BCUT2D eigenvalue weighted by Crippen LogP contribution is 2.25. The lowest BCUT2D eigenvalue weighted by Crippen LogP contribution is -2.47. The van der Waals surface area contributed by atoms with Crippen molar-refractivity contribution in [2.75, 3.05) is 43.4 Å². The number of fused-ring (bicyclic) bond motifs is 1. The molecule has 0 radical (unpaired) electrons. The van der Waals surface area contributed by atoms with Crippen LogP contribution < -0.4 is 4.90 Å². The Morgan fingerprint density at radius 1 is 0.906 bits per heavy atom. The third kappa shape index (κ3) is 4.47. The molecule has 0 aliphatic carbocycles. The monoisotopic (exact) mass is 445 g/mol. The minimum absolute atomic E-state index is 0.882. The molecule has 0 N–H and O–H groups in total. The van der Waals surface area contributed by atoms with Crippen molar-refractivity contribution in [2.45, 2.75) is 11.6 Å². The summed E-state index contributed by atoms with van der Waals surface area (Å²) in [5, 5.41) is 12.2. The van der Waals surface area contributed by atoms with Crippen LogP contribution in [0.2, 0.25) is 0 Å². The van der Waals surface area contributed by atoms with E-state index in [2.05, 4.69) is 64.9 Å². The minimum Gasteiger partial charge on any atom is -0.354 e. The van der Waals surface area contributed by atoms with Gasteiger partial charge in [0.15, 0.2) is 11.0 Å². The first-order chi connectivity index (χ1) is 15.8. The highest BCUT2D eigenvalue weighted by Gasteiger charge is 2.19. The van der Waals surface area contributed by atoms with E-state index in [0.717, 1.165) is 67.3 Å². The van der Waals surface area contributed by atoms with E-state index in [1.54, 1.807) is 24.2 Å². The van der Waals surface area contributed by atoms with Crippen LogP contribution in [-0.2, 0) is 7.05 Å². The average molecular weight is 446 g/mol. The van der Waals surface area contributed by atoms with Gasteiger partial charge >= 0.3 is 0 Å². The molecule has 1 aromatic carbocycles. The summed E-state index contributed by atoms with van der Waals surface area (Å²) in [5.74, 6) is 3.03. The predicted molar refractivity (Wildman–Crippen MR) is 130 cm³/mol. The molecule has 7 nitrogen and oxygen atoms in total. The van der Waals surface area contributed by atoms with E-state index in [1.807, 2.05) is 25.4 Å². The lowest BCUT2D eigenvalue weighted by Gasteiger charge is -2.35. The van der Waals surface area contributed by atoms with Crippen LogP contribution in [0.3, 0.4) is 0 Å².